The predicted molar refractivity (Wildman–Crippen MR) is 183 cm³/mol. The maximum absolute atomic E-state index is 14.7. The van der Waals surface area contributed by atoms with E-state index in [1.807, 2.05) is 51.1 Å². The molecule has 1 unspecified atom stereocenters. The van der Waals surface area contributed by atoms with Gasteiger partial charge in [0, 0.05) is 34.6 Å². The first-order chi connectivity index (χ1) is 21.9. The molecule has 0 saturated carbocycles. The number of hydrogen-bond donors (Lipinski definition) is 1. The standard InChI is InChI=1S/C35H37Cl2N3O5S/c1-24(2)38-35(42)32(21-26-12-7-5-8-13-26)39(22-28-29(36)16-11-17-30(28)37)34(41)23-40(31-20-25(3)18-19-33(31)45-4)46(43,44)27-14-9-6-10-15-27/h5-20,24,32H,21-23H2,1-4H3,(H,38,42). The van der Waals surface area contributed by atoms with Gasteiger partial charge in [-0.3, -0.25) is 13.9 Å². The predicted octanol–water partition coefficient (Wildman–Crippen LogP) is 6.67. The van der Waals surface area contributed by atoms with Crippen LogP contribution in [-0.2, 0) is 32.6 Å². The smallest absolute Gasteiger partial charge is 0.264 e. The van der Waals surface area contributed by atoms with Crippen molar-refractivity contribution in [2.75, 3.05) is 18.0 Å². The maximum atomic E-state index is 14.7. The van der Waals surface area contributed by atoms with E-state index in [0.717, 1.165) is 15.4 Å². The number of ether oxygens (including phenoxy) is 1. The zero-order chi connectivity index (χ0) is 33.4. The number of carbonyl (C=O) groups excluding carboxylic acids is 2. The summed E-state index contributed by atoms with van der Waals surface area (Å²) in [5, 5.41) is 3.54. The molecule has 2 amide bonds. The summed E-state index contributed by atoms with van der Waals surface area (Å²) in [6.07, 6.45) is 0.159. The van der Waals surface area contributed by atoms with Crippen molar-refractivity contribution in [3.05, 3.63) is 124 Å². The zero-order valence-corrected chi connectivity index (χ0v) is 28.4. The van der Waals surface area contributed by atoms with Crippen LogP contribution in [0.5, 0.6) is 5.75 Å². The van der Waals surface area contributed by atoms with Crippen molar-refractivity contribution in [3.8, 4) is 5.75 Å². The van der Waals surface area contributed by atoms with Gasteiger partial charge in [-0.05, 0) is 68.3 Å². The number of carbonyl (C=O) groups is 2. The minimum absolute atomic E-state index is 0.00885. The molecule has 0 aliphatic rings. The van der Waals surface area contributed by atoms with Crippen LogP contribution in [0.25, 0.3) is 0 Å². The first kappa shape index (κ1) is 34.8. The van der Waals surface area contributed by atoms with E-state index in [9.17, 15) is 18.0 Å². The lowest BCUT2D eigenvalue weighted by Gasteiger charge is -2.34. The third-order valence-electron chi connectivity index (χ3n) is 7.31. The fourth-order valence-electron chi connectivity index (χ4n) is 5.02. The molecule has 8 nitrogen and oxygen atoms in total. The first-order valence-electron chi connectivity index (χ1n) is 14.7. The number of benzene rings is 4. The fourth-order valence-corrected chi connectivity index (χ4v) is 6.97. The van der Waals surface area contributed by atoms with E-state index in [4.69, 9.17) is 27.9 Å². The van der Waals surface area contributed by atoms with Crippen molar-refractivity contribution in [2.45, 2.75) is 50.7 Å². The van der Waals surface area contributed by atoms with E-state index in [1.165, 1.54) is 24.1 Å². The van der Waals surface area contributed by atoms with Gasteiger partial charge >= 0.3 is 0 Å². The molecular formula is C35H37Cl2N3O5S. The topological polar surface area (TPSA) is 96.0 Å². The lowest BCUT2D eigenvalue weighted by molar-refractivity contribution is -0.140. The second-order valence-electron chi connectivity index (χ2n) is 11.1. The van der Waals surface area contributed by atoms with Crippen molar-refractivity contribution < 1.29 is 22.7 Å². The van der Waals surface area contributed by atoms with E-state index in [1.54, 1.807) is 54.6 Å². The van der Waals surface area contributed by atoms with Gasteiger partial charge in [-0.15, -0.1) is 0 Å². The molecule has 4 rings (SSSR count). The Hall–Kier alpha value is -4.05. The molecule has 1 N–H and O–H groups in total. The van der Waals surface area contributed by atoms with Crippen molar-refractivity contribution in [2.24, 2.45) is 0 Å². The summed E-state index contributed by atoms with van der Waals surface area (Å²) in [4.78, 5) is 29.9. The van der Waals surface area contributed by atoms with Gasteiger partial charge < -0.3 is 15.0 Å². The summed E-state index contributed by atoms with van der Waals surface area (Å²) in [7, 11) is -2.86. The number of sulfonamides is 1. The average molecular weight is 683 g/mol. The molecule has 0 aliphatic heterocycles. The van der Waals surface area contributed by atoms with Gasteiger partial charge in [0.05, 0.1) is 17.7 Å². The fraction of sp³-hybridized carbons (Fsp3) is 0.257. The Morgan fingerprint density at radius 2 is 1.48 bits per heavy atom. The van der Waals surface area contributed by atoms with Crippen LogP contribution in [0.3, 0.4) is 0 Å². The number of anilines is 1. The summed E-state index contributed by atoms with van der Waals surface area (Å²) in [6, 6.07) is 26.0. The molecule has 0 saturated heterocycles. The summed E-state index contributed by atoms with van der Waals surface area (Å²) >= 11 is 13.1. The van der Waals surface area contributed by atoms with Gasteiger partial charge in [0.2, 0.25) is 11.8 Å². The Balaban J connectivity index is 1.88. The molecule has 0 spiro atoms. The van der Waals surface area contributed by atoms with E-state index < -0.39 is 34.4 Å². The van der Waals surface area contributed by atoms with Crippen LogP contribution in [0.1, 0.15) is 30.5 Å². The second kappa shape index (κ2) is 15.5. The highest BCUT2D eigenvalue weighted by molar-refractivity contribution is 7.92. The Morgan fingerprint density at radius 1 is 0.870 bits per heavy atom. The molecule has 0 bridgehead atoms. The Morgan fingerprint density at radius 3 is 2.07 bits per heavy atom. The Kier molecular flexibility index (Phi) is 11.7. The summed E-state index contributed by atoms with van der Waals surface area (Å²) in [5.74, 6) is -0.781. The van der Waals surface area contributed by atoms with Gasteiger partial charge in [0.1, 0.15) is 18.3 Å². The minimum atomic E-state index is -4.29. The number of rotatable bonds is 13. The molecule has 0 fully saturated rings. The van der Waals surface area contributed by atoms with E-state index in [2.05, 4.69) is 5.32 Å². The van der Waals surface area contributed by atoms with Gasteiger partial charge in [0.15, 0.2) is 0 Å². The third-order valence-corrected chi connectivity index (χ3v) is 9.79. The van der Waals surface area contributed by atoms with Gasteiger partial charge in [-0.2, -0.15) is 0 Å². The van der Waals surface area contributed by atoms with Crippen LogP contribution in [-0.4, -0.2) is 50.9 Å². The number of aryl methyl sites for hydroxylation is 1. The van der Waals surface area contributed by atoms with Crippen LogP contribution < -0.4 is 14.4 Å². The summed E-state index contributed by atoms with van der Waals surface area (Å²) < 4.78 is 35.1. The largest absolute Gasteiger partial charge is 0.495 e. The van der Waals surface area contributed by atoms with Crippen molar-refractivity contribution in [1.82, 2.24) is 10.2 Å². The van der Waals surface area contributed by atoms with E-state index in [-0.39, 0.29) is 35.3 Å². The lowest BCUT2D eigenvalue weighted by atomic mass is 10.0. The van der Waals surface area contributed by atoms with Crippen LogP contribution in [0.2, 0.25) is 10.0 Å². The minimum Gasteiger partial charge on any atom is -0.495 e. The zero-order valence-electron chi connectivity index (χ0n) is 26.1. The third kappa shape index (κ3) is 8.40. The molecule has 1 atom stereocenters. The molecule has 0 aliphatic carbocycles. The highest BCUT2D eigenvalue weighted by atomic mass is 35.5. The molecular weight excluding hydrogens is 645 g/mol. The molecule has 0 aromatic heterocycles. The molecule has 46 heavy (non-hydrogen) atoms. The molecule has 11 heteroatoms. The van der Waals surface area contributed by atoms with Crippen LogP contribution >= 0.6 is 23.2 Å². The number of hydrogen-bond acceptors (Lipinski definition) is 5. The lowest BCUT2D eigenvalue weighted by Crippen LogP contribution is -2.54. The van der Waals surface area contributed by atoms with Crippen molar-refractivity contribution in [1.29, 1.82) is 0 Å². The molecule has 0 radical (unpaired) electrons. The van der Waals surface area contributed by atoms with Crippen LogP contribution in [0, 0.1) is 6.92 Å². The van der Waals surface area contributed by atoms with Gasteiger partial charge in [-0.25, -0.2) is 8.42 Å². The Bertz CT molecular complexity index is 1750. The molecule has 4 aromatic carbocycles. The summed E-state index contributed by atoms with van der Waals surface area (Å²) in [6.45, 7) is 4.68. The number of methoxy groups -OCH3 is 1. The van der Waals surface area contributed by atoms with Gasteiger partial charge in [-0.1, -0.05) is 83.9 Å². The van der Waals surface area contributed by atoms with E-state index >= 15 is 0 Å². The monoisotopic (exact) mass is 681 g/mol. The average Bonchev–Trinajstić information content (AvgIpc) is 3.03. The Labute approximate surface area is 280 Å². The highest BCUT2D eigenvalue weighted by Crippen LogP contribution is 2.34. The molecule has 0 heterocycles. The molecule has 4 aromatic rings. The number of amides is 2. The maximum Gasteiger partial charge on any atom is 0.264 e. The number of nitrogens with one attached hydrogen (secondary N) is 1. The highest BCUT2D eigenvalue weighted by Gasteiger charge is 2.36. The van der Waals surface area contributed by atoms with E-state index in [0.29, 0.717) is 15.6 Å². The van der Waals surface area contributed by atoms with Crippen molar-refractivity contribution in [3.63, 3.8) is 0 Å². The number of nitrogens with zero attached hydrogens (tertiary/aromatic N) is 2. The van der Waals surface area contributed by atoms with Crippen LogP contribution in [0.15, 0.2) is 102 Å². The summed E-state index contributed by atoms with van der Waals surface area (Å²) in [5.41, 5.74) is 2.18. The second-order valence-corrected chi connectivity index (χ2v) is 13.8. The number of halogens is 2. The van der Waals surface area contributed by atoms with Crippen molar-refractivity contribution >= 4 is 50.7 Å². The quantitative estimate of drug-likeness (QED) is 0.170. The van der Waals surface area contributed by atoms with Crippen LogP contribution in [0.4, 0.5) is 5.69 Å². The normalized spacial score (nSPS) is 12.0. The first-order valence-corrected chi connectivity index (χ1v) is 16.9. The van der Waals surface area contributed by atoms with Gasteiger partial charge in [0.25, 0.3) is 10.0 Å². The SMILES string of the molecule is COc1ccc(C)cc1N(CC(=O)N(Cc1c(Cl)cccc1Cl)C(Cc1ccccc1)C(=O)NC(C)C)S(=O)(=O)c1ccccc1. The molecule has 242 valence electrons.